The molecule has 0 spiro atoms. The van der Waals surface area contributed by atoms with E-state index in [1.165, 1.54) is 24.2 Å². The minimum absolute atomic E-state index is 0.00642. The Kier molecular flexibility index (Phi) is 3.97. The number of imidazole rings is 1. The van der Waals surface area contributed by atoms with Gasteiger partial charge in [-0.1, -0.05) is 0 Å². The van der Waals surface area contributed by atoms with Crippen molar-refractivity contribution in [3.05, 3.63) is 40.8 Å². The van der Waals surface area contributed by atoms with Crippen molar-refractivity contribution in [1.82, 2.24) is 14.7 Å². The Morgan fingerprint density at radius 1 is 1.15 bits per heavy atom. The summed E-state index contributed by atoms with van der Waals surface area (Å²) in [6.07, 6.45) is 8.20. The monoisotopic (exact) mass is 380 g/mol. The van der Waals surface area contributed by atoms with Gasteiger partial charge in [0.1, 0.15) is 5.65 Å². The minimum atomic E-state index is 0.00642. The van der Waals surface area contributed by atoms with Crippen molar-refractivity contribution in [1.29, 1.82) is 0 Å². The number of nitrogens with one attached hydrogen (secondary N) is 2. The Bertz CT molecular complexity index is 1030. The van der Waals surface area contributed by atoms with Crippen LogP contribution in [0.5, 0.6) is 0 Å². The molecule has 0 atom stereocenters. The van der Waals surface area contributed by atoms with E-state index in [0.717, 1.165) is 41.0 Å². The molecule has 0 aliphatic heterocycles. The molecule has 0 saturated heterocycles. The van der Waals surface area contributed by atoms with Crippen LogP contribution >= 0.6 is 11.3 Å². The highest BCUT2D eigenvalue weighted by molar-refractivity contribution is 7.12. The van der Waals surface area contributed by atoms with Gasteiger partial charge in [-0.05, 0) is 66.3 Å². The number of carbonyl (C=O) groups excluding carboxylic acids is 2. The largest absolute Gasteiger partial charge is 0.351 e. The molecule has 6 nitrogen and oxygen atoms in total. The lowest BCUT2D eigenvalue weighted by atomic mass is 10.1. The predicted molar refractivity (Wildman–Crippen MR) is 105 cm³/mol. The number of pyridine rings is 1. The lowest BCUT2D eigenvalue weighted by Crippen LogP contribution is -2.24. The first-order valence-corrected chi connectivity index (χ1v) is 10.2. The molecule has 27 heavy (non-hydrogen) atoms. The average Bonchev–Trinajstić information content (AvgIpc) is 3.58. The van der Waals surface area contributed by atoms with E-state index in [1.54, 1.807) is 0 Å². The van der Waals surface area contributed by atoms with Crippen LogP contribution in [0.1, 0.15) is 35.4 Å². The van der Waals surface area contributed by atoms with Crippen LogP contribution in [0.15, 0.2) is 36.0 Å². The first-order valence-electron chi connectivity index (χ1n) is 9.32. The van der Waals surface area contributed by atoms with Gasteiger partial charge >= 0.3 is 0 Å². The van der Waals surface area contributed by atoms with Crippen LogP contribution in [-0.2, 0) is 4.79 Å². The van der Waals surface area contributed by atoms with E-state index in [9.17, 15) is 9.59 Å². The highest BCUT2D eigenvalue weighted by atomic mass is 32.1. The van der Waals surface area contributed by atoms with E-state index in [4.69, 9.17) is 0 Å². The number of rotatable bonds is 6. The number of carbonyl (C=O) groups is 2. The quantitative estimate of drug-likeness (QED) is 0.687. The van der Waals surface area contributed by atoms with Crippen LogP contribution in [-0.4, -0.2) is 27.7 Å². The third-order valence-corrected chi connectivity index (χ3v) is 5.98. The van der Waals surface area contributed by atoms with Gasteiger partial charge in [0.15, 0.2) is 5.82 Å². The standard InChI is InChI=1S/C20H20N4O2S/c25-19(13-3-4-13)23-17-10-24-9-14(5-6-18(24)22-17)15-7-16(27-11-15)20(26)21-8-12-1-2-12/h5-7,9-13H,1-4,8H2,(H,21,26)(H,23,25). The van der Waals surface area contributed by atoms with Crippen LogP contribution < -0.4 is 10.6 Å². The molecule has 2 fully saturated rings. The van der Waals surface area contributed by atoms with E-state index in [0.29, 0.717) is 11.7 Å². The summed E-state index contributed by atoms with van der Waals surface area (Å²) in [4.78, 5) is 29.3. The lowest BCUT2D eigenvalue weighted by molar-refractivity contribution is -0.117. The number of hydrogen-bond donors (Lipinski definition) is 2. The van der Waals surface area contributed by atoms with Crippen LogP contribution in [0.25, 0.3) is 16.8 Å². The zero-order valence-electron chi connectivity index (χ0n) is 14.8. The molecule has 5 rings (SSSR count). The van der Waals surface area contributed by atoms with Crippen molar-refractivity contribution in [3.8, 4) is 11.1 Å². The van der Waals surface area contributed by atoms with E-state index < -0.39 is 0 Å². The van der Waals surface area contributed by atoms with Crippen molar-refractivity contribution in [2.45, 2.75) is 25.7 Å². The second-order valence-electron chi connectivity index (χ2n) is 7.43. The van der Waals surface area contributed by atoms with Gasteiger partial charge in [0.05, 0.1) is 11.1 Å². The maximum Gasteiger partial charge on any atom is 0.261 e. The van der Waals surface area contributed by atoms with Gasteiger partial charge in [0.2, 0.25) is 5.91 Å². The molecular formula is C20H20N4O2S. The van der Waals surface area contributed by atoms with Crippen LogP contribution in [0, 0.1) is 11.8 Å². The van der Waals surface area contributed by atoms with Crippen molar-refractivity contribution < 1.29 is 9.59 Å². The summed E-state index contributed by atoms with van der Waals surface area (Å²) < 4.78 is 1.91. The van der Waals surface area contributed by atoms with Gasteiger partial charge in [-0.2, -0.15) is 0 Å². The SMILES string of the molecule is O=C(NCC1CC1)c1cc(-c2ccc3nc(NC(=O)C4CC4)cn3c2)cs1. The topological polar surface area (TPSA) is 75.5 Å². The maximum atomic E-state index is 12.2. The van der Waals surface area contributed by atoms with Gasteiger partial charge in [-0.3, -0.25) is 9.59 Å². The minimum Gasteiger partial charge on any atom is -0.351 e. The van der Waals surface area contributed by atoms with E-state index in [1.807, 2.05) is 40.4 Å². The predicted octanol–water partition coefficient (Wildman–Crippen LogP) is 3.55. The Labute approximate surface area is 160 Å². The zero-order valence-corrected chi connectivity index (χ0v) is 15.6. The molecule has 2 saturated carbocycles. The third kappa shape index (κ3) is 3.60. The van der Waals surface area contributed by atoms with E-state index >= 15 is 0 Å². The van der Waals surface area contributed by atoms with Gasteiger partial charge in [0.25, 0.3) is 5.91 Å². The highest BCUT2D eigenvalue weighted by Gasteiger charge is 2.30. The summed E-state index contributed by atoms with van der Waals surface area (Å²) in [5.74, 6) is 1.46. The number of hydrogen-bond acceptors (Lipinski definition) is 4. The highest BCUT2D eigenvalue weighted by Crippen LogP contribution is 2.31. The van der Waals surface area contributed by atoms with Gasteiger partial charge in [-0.15, -0.1) is 11.3 Å². The molecule has 138 valence electrons. The molecule has 2 aliphatic carbocycles. The lowest BCUT2D eigenvalue weighted by Gasteiger charge is -2.01. The second-order valence-corrected chi connectivity index (χ2v) is 8.34. The summed E-state index contributed by atoms with van der Waals surface area (Å²) >= 11 is 1.46. The normalized spacial score (nSPS) is 16.4. The molecule has 3 heterocycles. The molecule has 7 heteroatoms. The van der Waals surface area contributed by atoms with E-state index in [2.05, 4.69) is 15.6 Å². The molecule has 0 aromatic carbocycles. The molecule has 0 unspecified atom stereocenters. The van der Waals surface area contributed by atoms with Crippen LogP contribution in [0.4, 0.5) is 5.82 Å². The number of amides is 2. The number of fused-ring (bicyclic) bond motifs is 1. The number of aromatic nitrogens is 2. The van der Waals surface area contributed by atoms with Crippen LogP contribution in [0.2, 0.25) is 0 Å². The molecule has 0 radical (unpaired) electrons. The number of thiophene rings is 1. The fourth-order valence-electron chi connectivity index (χ4n) is 3.05. The maximum absolute atomic E-state index is 12.2. The summed E-state index contributed by atoms with van der Waals surface area (Å²) in [6, 6.07) is 5.84. The smallest absolute Gasteiger partial charge is 0.261 e. The Hall–Kier alpha value is -2.67. The van der Waals surface area contributed by atoms with Crippen molar-refractivity contribution >= 4 is 34.6 Å². The summed E-state index contributed by atoms with van der Waals surface area (Å²) in [7, 11) is 0. The van der Waals surface area contributed by atoms with Gasteiger partial charge < -0.3 is 15.0 Å². The van der Waals surface area contributed by atoms with Gasteiger partial charge in [0, 0.05) is 18.7 Å². The van der Waals surface area contributed by atoms with Crippen molar-refractivity contribution in [2.75, 3.05) is 11.9 Å². The molecule has 2 N–H and O–H groups in total. The Balaban J connectivity index is 1.33. The van der Waals surface area contributed by atoms with Gasteiger partial charge in [-0.25, -0.2) is 4.98 Å². The summed E-state index contributed by atoms with van der Waals surface area (Å²) in [5, 5.41) is 7.88. The van der Waals surface area contributed by atoms with Crippen LogP contribution in [0.3, 0.4) is 0 Å². The number of nitrogens with zero attached hydrogens (tertiary/aromatic N) is 2. The molecule has 3 aromatic rings. The fourth-order valence-corrected chi connectivity index (χ4v) is 3.88. The molecule has 0 bridgehead atoms. The van der Waals surface area contributed by atoms with E-state index in [-0.39, 0.29) is 17.7 Å². The Morgan fingerprint density at radius 2 is 2.00 bits per heavy atom. The molecule has 2 aliphatic rings. The first kappa shape index (κ1) is 16.5. The molecular weight excluding hydrogens is 360 g/mol. The fraction of sp³-hybridized carbons (Fsp3) is 0.350. The zero-order chi connectivity index (χ0) is 18.4. The summed E-state index contributed by atoms with van der Waals surface area (Å²) in [5.41, 5.74) is 2.80. The first-order chi connectivity index (χ1) is 13.2. The van der Waals surface area contributed by atoms with Crippen molar-refractivity contribution in [2.24, 2.45) is 11.8 Å². The number of anilines is 1. The third-order valence-electron chi connectivity index (χ3n) is 5.06. The summed E-state index contributed by atoms with van der Waals surface area (Å²) in [6.45, 7) is 0.780. The van der Waals surface area contributed by atoms with Crippen molar-refractivity contribution in [3.63, 3.8) is 0 Å². The molecule has 2 amide bonds. The average molecular weight is 380 g/mol. The molecule has 3 aromatic heterocycles. The Morgan fingerprint density at radius 3 is 2.78 bits per heavy atom. The second kappa shape index (κ2) is 6.49.